The number of aryl methyl sites for hydroxylation is 1. The fraction of sp³-hybridized carbons (Fsp3) is 0.458. The number of Topliss-reactive ketones (excluding diaryl/α,β-unsaturated/α-hetero) is 1. The van der Waals surface area contributed by atoms with E-state index >= 15 is 0 Å². The highest BCUT2D eigenvalue weighted by atomic mass is 19.1. The first-order valence-electron chi connectivity index (χ1n) is 11.0. The van der Waals surface area contributed by atoms with Crippen molar-refractivity contribution < 1.29 is 23.1 Å². The van der Waals surface area contributed by atoms with E-state index < -0.39 is 22.8 Å². The van der Waals surface area contributed by atoms with Gasteiger partial charge >= 0.3 is 0 Å². The normalized spacial score (nSPS) is 20.2. The molecule has 0 saturated carbocycles. The van der Waals surface area contributed by atoms with E-state index in [9.17, 15) is 23.2 Å². The fourth-order valence-electron chi connectivity index (χ4n) is 4.85. The second-order valence-corrected chi connectivity index (χ2v) is 8.90. The molecule has 2 aliphatic heterocycles. The van der Waals surface area contributed by atoms with E-state index in [1.165, 1.54) is 19.4 Å². The Morgan fingerprint density at radius 2 is 1.94 bits per heavy atom. The van der Waals surface area contributed by atoms with Crippen LogP contribution < -0.4 is 10.2 Å². The first-order chi connectivity index (χ1) is 15.6. The lowest BCUT2D eigenvalue weighted by atomic mass is 10.0. The van der Waals surface area contributed by atoms with Crippen molar-refractivity contribution in [3.05, 3.63) is 63.1 Å². The maximum Gasteiger partial charge on any atom is 0.276 e. The molecule has 3 heterocycles. The summed E-state index contributed by atoms with van der Waals surface area (Å²) in [5, 5.41) is 0. The second-order valence-electron chi connectivity index (χ2n) is 8.90. The van der Waals surface area contributed by atoms with Crippen molar-refractivity contribution in [2.24, 2.45) is 0 Å². The number of hydrogen-bond donors (Lipinski definition) is 0. The number of nitrogens with zero attached hydrogens (tertiary/aromatic N) is 3. The number of ketones is 1. The zero-order chi connectivity index (χ0) is 24.0. The summed E-state index contributed by atoms with van der Waals surface area (Å²) >= 11 is 0. The summed E-state index contributed by atoms with van der Waals surface area (Å²) in [4.78, 5) is 43.4. The Morgan fingerprint density at radius 1 is 1.21 bits per heavy atom. The van der Waals surface area contributed by atoms with Gasteiger partial charge < -0.3 is 14.2 Å². The predicted octanol–water partition coefficient (Wildman–Crippen LogP) is 2.85. The molecule has 33 heavy (non-hydrogen) atoms. The van der Waals surface area contributed by atoms with Gasteiger partial charge in [-0.3, -0.25) is 19.3 Å². The van der Waals surface area contributed by atoms with E-state index in [0.29, 0.717) is 13.1 Å². The molecule has 0 spiro atoms. The van der Waals surface area contributed by atoms with E-state index in [0.717, 1.165) is 12.1 Å². The molecular weight excluding hydrogens is 432 g/mol. The zero-order valence-electron chi connectivity index (χ0n) is 19.1. The van der Waals surface area contributed by atoms with Crippen LogP contribution in [0.3, 0.4) is 0 Å². The molecule has 1 fully saturated rings. The first-order valence-corrected chi connectivity index (χ1v) is 11.0. The van der Waals surface area contributed by atoms with E-state index in [1.54, 1.807) is 9.47 Å². The van der Waals surface area contributed by atoms with Crippen molar-refractivity contribution in [1.29, 1.82) is 0 Å². The number of rotatable bonds is 6. The molecule has 176 valence electrons. The third-order valence-electron chi connectivity index (χ3n) is 6.49. The highest BCUT2D eigenvalue weighted by Gasteiger charge is 2.46. The summed E-state index contributed by atoms with van der Waals surface area (Å²) in [6, 6.07) is 3.36. The minimum atomic E-state index is -0.739. The largest absolute Gasteiger partial charge is 0.491 e. The molecule has 0 radical (unpaired) electrons. The number of halogens is 2. The molecule has 1 saturated heterocycles. The minimum absolute atomic E-state index is 0.0163. The van der Waals surface area contributed by atoms with E-state index in [4.69, 9.17) is 4.74 Å². The van der Waals surface area contributed by atoms with Crippen LogP contribution in [0.25, 0.3) is 0 Å². The van der Waals surface area contributed by atoms with Gasteiger partial charge in [-0.1, -0.05) is 6.07 Å². The molecule has 2 aromatic rings. The number of amides is 1. The van der Waals surface area contributed by atoms with Gasteiger partial charge in [0, 0.05) is 37.3 Å². The minimum Gasteiger partial charge on any atom is -0.491 e. The van der Waals surface area contributed by atoms with Gasteiger partial charge in [-0.25, -0.2) is 8.78 Å². The molecule has 1 amide bonds. The lowest BCUT2D eigenvalue weighted by molar-refractivity contribution is 0.0403. The van der Waals surface area contributed by atoms with Crippen molar-refractivity contribution in [2.45, 2.75) is 58.4 Å². The van der Waals surface area contributed by atoms with Crippen molar-refractivity contribution >= 4 is 11.7 Å². The number of ether oxygens (including phenoxy) is 1. The van der Waals surface area contributed by atoms with Crippen molar-refractivity contribution in [3.8, 4) is 5.75 Å². The quantitative estimate of drug-likeness (QED) is 0.622. The van der Waals surface area contributed by atoms with Crippen LogP contribution in [0.2, 0.25) is 0 Å². The number of carbonyl (C=O) groups excluding carboxylic acids is 2. The Bertz CT molecular complexity index is 1180. The molecule has 9 heteroatoms. The number of fused-ring (bicyclic) bond motifs is 2. The Kier molecular flexibility index (Phi) is 6.09. The van der Waals surface area contributed by atoms with Gasteiger partial charge in [0.25, 0.3) is 5.91 Å². The molecule has 2 atom stereocenters. The fourth-order valence-corrected chi connectivity index (χ4v) is 4.85. The topological polar surface area (TPSA) is 71.8 Å². The van der Waals surface area contributed by atoms with E-state index in [1.807, 2.05) is 6.92 Å². The lowest BCUT2D eigenvalue weighted by Crippen LogP contribution is -2.53. The SMILES string of the molecule is COc1c2n(cc(C(=O)CCc3ccc(F)cc3F)c1=O)C[C@H]1N(C(C)C)C[C@@H](C)N1C2=O. The second kappa shape index (κ2) is 8.70. The molecule has 0 N–H and O–H groups in total. The van der Waals surface area contributed by atoms with Crippen LogP contribution in [0.1, 0.15) is 53.6 Å². The lowest BCUT2D eigenvalue weighted by Gasteiger charge is -2.38. The average molecular weight is 459 g/mol. The molecule has 1 aromatic heterocycles. The van der Waals surface area contributed by atoms with Gasteiger partial charge in [-0.05, 0) is 38.8 Å². The van der Waals surface area contributed by atoms with Crippen molar-refractivity contribution in [1.82, 2.24) is 14.4 Å². The smallest absolute Gasteiger partial charge is 0.276 e. The molecule has 0 unspecified atom stereocenters. The molecule has 1 aromatic carbocycles. The van der Waals surface area contributed by atoms with E-state index in [2.05, 4.69) is 18.7 Å². The Morgan fingerprint density at radius 3 is 2.58 bits per heavy atom. The van der Waals surface area contributed by atoms with Crippen LogP contribution >= 0.6 is 0 Å². The monoisotopic (exact) mass is 459 g/mol. The van der Waals surface area contributed by atoms with E-state index in [-0.39, 0.29) is 59.6 Å². The van der Waals surface area contributed by atoms with Crippen molar-refractivity contribution in [2.75, 3.05) is 13.7 Å². The average Bonchev–Trinajstić information content (AvgIpc) is 3.10. The van der Waals surface area contributed by atoms with Crippen LogP contribution in [-0.4, -0.2) is 58.0 Å². The summed E-state index contributed by atoms with van der Waals surface area (Å²) < 4.78 is 34.0. The molecule has 0 bridgehead atoms. The van der Waals surface area contributed by atoms with Crippen LogP contribution in [-0.2, 0) is 13.0 Å². The third-order valence-corrected chi connectivity index (χ3v) is 6.49. The Labute approximate surface area is 190 Å². The maximum atomic E-state index is 13.9. The van der Waals surface area contributed by atoms with Crippen LogP contribution in [0, 0.1) is 11.6 Å². The van der Waals surface area contributed by atoms with Gasteiger partial charge in [-0.15, -0.1) is 0 Å². The molecular formula is C24H27F2N3O4. The van der Waals surface area contributed by atoms with Crippen LogP contribution in [0.15, 0.2) is 29.2 Å². The standard InChI is InChI=1S/C24H27F2N3O4/c1-13(2)28-10-14(3)29-20(28)12-27-11-17(22(31)23(33-4)21(27)24(29)32)19(30)8-6-15-5-7-16(25)9-18(15)26/h5,7,9,11,13-14,20H,6,8,10,12H2,1-4H3/t14-,20+/m1/s1. The summed E-state index contributed by atoms with van der Waals surface area (Å²) in [5.74, 6) is -2.39. The summed E-state index contributed by atoms with van der Waals surface area (Å²) in [6.45, 7) is 7.20. The van der Waals surface area contributed by atoms with Gasteiger partial charge in [-0.2, -0.15) is 0 Å². The summed E-state index contributed by atoms with van der Waals surface area (Å²) in [7, 11) is 1.30. The number of methoxy groups -OCH3 is 1. The highest BCUT2D eigenvalue weighted by molar-refractivity contribution is 6.00. The summed E-state index contributed by atoms with van der Waals surface area (Å²) in [5.41, 5.74) is -0.445. The van der Waals surface area contributed by atoms with Gasteiger partial charge in [0.1, 0.15) is 17.8 Å². The van der Waals surface area contributed by atoms with Crippen LogP contribution in [0.5, 0.6) is 5.75 Å². The van der Waals surface area contributed by atoms with Gasteiger partial charge in [0.05, 0.1) is 19.2 Å². The number of carbonyl (C=O) groups is 2. The maximum absolute atomic E-state index is 13.9. The molecule has 2 aliphatic rings. The number of pyridine rings is 1. The Balaban J connectivity index is 1.68. The molecule has 4 rings (SSSR count). The number of aromatic nitrogens is 1. The summed E-state index contributed by atoms with van der Waals surface area (Å²) in [6.07, 6.45) is 1.10. The molecule has 7 nitrogen and oxygen atoms in total. The predicted molar refractivity (Wildman–Crippen MR) is 118 cm³/mol. The zero-order valence-corrected chi connectivity index (χ0v) is 19.1. The van der Waals surface area contributed by atoms with Gasteiger partial charge in [0.2, 0.25) is 5.43 Å². The highest BCUT2D eigenvalue weighted by Crippen LogP contribution is 2.32. The Hall–Kier alpha value is -3.07. The number of benzene rings is 1. The third kappa shape index (κ3) is 3.94. The van der Waals surface area contributed by atoms with Gasteiger partial charge in [0.15, 0.2) is 17.2 Å². The van der Waals surface area contributed by atoms with Crippen molar-refractivity contribution in [3.63, 3.8) is 0 Å². The van der Waals surface area contributed by atoms with Crippen LogP contribution in [0.4, 0.5) is 8.78 Å². The number of hydrogen-bond acceptors (Lipinski definition) is 5. The first kappa shape index (κ1) is 23.1. The molecule has 0 aliphatic carbocycles.